The van der Waals surface area contributed by atoms with E-state index < -0.39 is 0 Å². The van der Waals surface area contributed by atoms with Gasteiger partial charge < -0.3 is 4.57 Å². The summed E-state index contributed by atoms with van der Waals surface area (Å²) in [5.74, 6) is 1.79. The van der Waals surface area contributed by atoms with E-state index in [1.165, 1.54) is 16.3 Å². The fraction of sp³-hybridized carbons (Fsp3) is 0.0267. The first-order chi connectivity index (χ1) is 39.1. The van der Waals surface area contributed by atoms with Gasteiger partial charge in [0.2, 0.25) is 0 Å². The monoisotopic (exact) mass is 1010 g/mol. The molecule has 13 aromatic rings. The molecule has 0 aliphatic heterocycles. The molecule has 0 saturated heterocycles. The molecule has 14 rings (SSSR count). The molecule has 4 heteroatoms. The number of hydrogen-bond acceptors (Lipinski definition) is 3. The normalized spacial score (nSPS) is 12.2. The Balaban J connectivity index is 1.06. The van der Waals surface area contributed by atoms with Crippen molar-refractivity contribution in [1.82, 2.24) is 19.5 Å². The quantitative estimate of drug-likeness (QED) is 0.130. The molecule has 2 aromatic heterocycles. The van der Waals surface area contributed by atoms with Crippen LogP contribution in [0, 0.1) is 0 Å². The van der Waals surface area contributed by atoms with Crippen LogP contribution in [0.15, 0.2) is 291 Å². The second-order valence-electron chi connectivity index (χ2n) is 20.3. The number of nitrogens with zero attached hydrogens (tertiary/aromatic N) is 4. The molecule has 11 aromatic carbocycles. The first-order valence-electron chi connectivity index (χ1n) is 27.1. The predicted octanol–water partition coefficient (Wildman–Crippen LogP) is 19.7. The first-order valence-corrected chi connectivity index (χ1v) is 27.1. The van der Waals surface area contributed by atoms with Gasteiger partial charge in [0, 0.05) is 38.6 Å². The van der Waals surface area contributed by atoms with Crippen molar-refractivity contribution in [2.75, 3.05) is 0 Å². The van der Waals surface area contributed by atoms with Gasteiger partial charge >= 0.3 is 0 Å². The number of hydrogen-bond donors (Lipinski definition) is 0. The number of aromatic nitrogens is 4. The van der Waals surface area contributed by atoms with Crippen LogP contribution in [-0.4, -0.2) is 19.5 Å². The van der Waals surface area contributed by atoms with Gasteiger partial charge in [-0.3, -0.25) is 0 Å². The van der Waals surface area contributed by atoms with Crippen molar-refractivity contribution < 1.29 is 0 Å². The molecule has 0 bridgehead atoms. The van der Waals surface area contributed by atoms with Gasteiger partial charge in [0.1, 0.15) is 0 Å². The molecule has 1 aliphatic carbocycles. The van der Waals surface area contributed by atoms with E-state index in [2.05, 4.69) is 296 Å². The molecule has 0 N–H and O–H groups in total. The van der Waals surface area contributed by atoms with E-state index in [4.69, 9.17) is 15.0 Å². The molecule has 2 heterocycles. The van der Waals surface area contributed by atoms with E-state index in [1.807, 2.05) is 0 Å². The highest BCUT2D eigenvalue weighted by molar-refractivity contribution is 6.12. The van der Waals surface area contributed by atoms with Gasteiger partial charge in [-0.1, -0.05) is 249 Å². The highest BCUT2D eigenvalue weighted by Crippen LogP contribution is 2.46. The minimum Gasteiger partial charge on any atom is -0.308 e. The van der Waals surface area contributed by atoms with Crippen LogP contribution in [0.3, 0.4) is 0 Å². The van der Waals surface area contributed by atoms with Crippen LogP contribution < -0.4 is 0 Å². The standard InChI is InChI=1S/C75H52N4/c1-8-22-51(23-9-1)56-36-38-59(39-37-56)73-76-74(64-45-62(54-28-14-4-15-29-54)44-63(46-64)55-30-16-5-17-31-55)78-75(77-73)65-47-68(57-32-18-6-19-33-57)72(69(48-65)58-34-20-7-21-35-58)79-70-49-60(52-24-10-2-11-25-52)40-42-66(70)67-43-41-61(50-71(67)79)53-26-12-3-13-27-53/h1-16,18-30,32-50H,17,31H2. The number of rotatable bonds is 11. The summed E-state index contributed by atoms with van der Waals surface area (Å²) in [6.07, 6.45) is 8.61. The highest BCUT2D eigenvalue weighted by Gasteiger charge is 2.25. The van der Waals surface area contributed by atoms with Gasteiger partial charge in [-0.25, -0.2) is 15.0 Å². The summed E-state index contributed by atoms with van der Waals surface area (Å²) < 4.78 is 2.52. The average Bonchev–Trinajstić information content (AvgIpc) is 4.03. The lowest BCUT2D eigenvalue weighted by molar-refractivity contribution is 1.05. The summed E-state index contributed by atoms with van der Waals surface area (Å²) >= 11 is 0. The summed E-state index contributed by atoms with van der Waals surface area (Å²) in [6, 6.07) is 98.0. The minimum absolute atomic E-state index is 0.583. The van der Waals surface area contributed by atoms with Crippen LogP contribution in [0.25, 0.3) is 134 Å². The molecule has 0 atom stereocenters. The molecule has 79 heavy (non-hydrogen) atoms. The molecule has 4 nitrogen and oxygen atoms in total. The third kappa shape index (κ3) is 9.26. The second kappa shape index (κ2) is 20.7. The molecule has 0 spiro atoms. The van der Waals surface area contributed by atoms with Gasteiger partial charge in [0.15, 0.2) is 17.5 Å². The highest BCUT2D eigenvalue weighted by atomic mass is 15.0. The van der Waals surface area contributed by atoms with Crippen molar-refractivity contribution in [2.24, 2.45) is 0 Å². The van der Waals surface area contributed by atoms with Gasteiger partial charge in [0.25, 0.3) is 0 Å². The van der Waals surface area contributed by atoms with Gasteiger partial charge in [-0.2, -0.15) is 0 Å². The minimum atomic E-state index is 0.583. The van der Waals surface area contributed by atoms with E-state index >= 15 is 0 Å². The van der Waals surface area contributed by atoms with E-state index in [1.54, 1.807) is 0 Å². The number of allylic oxidation sites excluding steroid dienone is 4. The smallest absolute Gasteiger partial charge is 0.164 e. The van der Waals surface area contributed by atoms with Crippen molar-refractivity contribution in [3.63, 3.8) is 0 Å². The Morgan fingerprint density at radius 3 is 1.09 bits per heavy atom. The van der Waals surface area contributed by atoms with E-state index in [0.717, 1.165) is 119 Å². The second-order valence-corrected chi connectivity index (χ2v) is 20.3. The van der Waals surface area contributed by atoms with Crippen molar-refractivity contribution in [3.05, 3.63) is 297 Å². The van der Waals surface area contributed by atoms with Crippen LogP contribution in [0.5, 0.6) is 0 Å². The fourth-order valence-electron chi connectivity index (χ4n) is 11.3. The first kappa shape index (κ1) is 47.2. The zero-order chi connectivity index (χ0) is 52.5. The topological polar surface area (TPSA) is 43.6 Å². The Kier molecular flexibility index (Phi) is 12.4. The molecular formula is C75H52N4. The molecule has 0 radical (unpaired) electrons. The van der Waals surface area contributed by atoms with Crippen LogP contribution in [-0.2, 0) is 0 Å². The Morgan fingerprint density at radius 1 is 0.278 bits per heavy atom. The van der Waals surface area contributed by atoms with Crippen LogP contribution in [0.4, 0.5) is 0 Å². The summed E-state index contributed by atoms with van der Waals surface area (Å²) in [5.41, 5.74) is 21.9. The SMILES string of the molecule is C1=CCCC(c2cc(-c3ccccc3)cc(-c3nc(-c4ccc(-c5ccccc5)cc4)nc(-c4cc(-c5ccccc5)c(-n5c6cc(-c7ccccc7)ccc6c6ccc(-c7ccccc7)cc65)c(-c5ccccc5)c4)n3)c2)=C1. The lowest BCUT2D eigenvalue weighted by atomic mass is 9.91. The molecule has 372 valence electrons. The van der Waals surface area contributed by atoms with Crippen LogP contribution >= 0.6 is 0 Å². The maximum atomic E-state index is 5.58. The fourth-order valence-corrected chi connectivity index (χ4v) is 11.3. The van der Waals surface area contributed by atoms with E-state index in [0.29, 0.717) is 17.5 Å². The van der Waals surface area contributed by atoms with E-state index in [9.17, 15) is 0 Å². The van der Waals surface area contributed by atoms with Crippen LogP contribution in [0.2, 0.25) is 0 Å². The summed E-state index contributed by atoms with van der Waals surface area (Å²) in [4.78, 5) is 16.5. The molecular weight excluding hydrogens is 957 g/mol. The summed E-state index contributed by atoms with van der Waals surface area (Å²) in [7, 11) is 0. The van der Waals surface area contributed by atoms with Gasteiger partial charge in [-0.15, -0.1) is 0 Å². The lowest BCUT2D eigenvalue weighted by Crippen LogP contribution is -2.04. The number of fused-ring (bicyclic) bond motifs is 3. The largest absolute Gasteiger partial charge is 0.308 e. The Hall–Kier alpha value is -10.3. The van der Waals surface area contributed by atoms with Gasteiger partial charge in [-0.05, 0) is 122 Å². The zero-order valence-corrected chi connectivity index (χ0v) is 43.4. The molecule has 0 fully saturated rings. The third-order valence-corrected chi connectivity index (χ3v) is 15.3. The predicted molar refractivity (Wildman–Crippen MR) is 329 cm³/mol. The van der Waals surface area contributed by atoms with Crippen LogP contribution in [0.1, 0.15) is 18.4 Å². The maximum absolute atomic E-state index is 5.58. The van der Waals surface area contributed by atoms with Crippen molar-refractivity contribution in [3.8, 4) is 107 Å². The van der Waals surface area contributed by atoms with E-state index in [-0.39, 0.29) is 0 Å². The molecule has 0 amide bonds. The Labute approximate surface area is 460 Å². The molecule has 0 unspecified atom stereocenters. The average molecular weight is 1010 g/mol. The zero-order valence-electron chi connectivity index (χ0n) is 43.4. The maximum Gasteiger partial charge on any atom is 0.164 e. The van der Waals surface area contributed by atoms with Crippen molar-refractivity contribution in [2.45, 2.75) is 12.8 Å². The Bertz CT molecular complexity index is 4260. The summed E-state index contributed by atoms with van der Waals surface area (Å²) in [6.45, 7) is 0. The van der Waals surface area contributed by atoms with Gasteiger partial charge in [0.05, 0.1) is 16.7 Å². The van der Waals surface area contributed by atoms with Crippen molar-refractivity contribution in [1.29, 1.82) is 0 Å². The number of benzene rings is 11. The lowest BCUT2D eigenvalue weighted by Gasteiger charge is -2.21. The van der Waals surface area contributed by atoms with Crippen molar-refractivity contribution >= 4 is 27.4 Å². The summed E-state index contributed by atoms with van der Waals surface area (Å²) in [5, 5.41) is 2.36. The Morgan fingerprint density at radius 2 is 0.633 bits per heavy atom. The molecule has 1 aliphatic rings. The molecule has 0 saturated carbocycles. The third-order valence-electron chi connectivity index (χ3n) is 15.3.